The van der Waals surface area contributed by atoms with Crippen molar-refractivity contribution < 1.29 is 158 Å². The van der Waals surface area contributed by atoms with Crippen molar-refractivity contribution in [2.24, 2.45) is 0 Å². The van der Waals surface area contributed by atoms with Crippen LogP contribution in [0.5, 0.6) is 11.5 Å². The number of phenolic OH excluding ortho intramolecular Hbond substituents is 2. The van der Waals surface area contributed by atoms with E-state index in [0.29, 0.717) is 0 Å². The summed E-state index contributed by atoms with van der Waals surface area (Å²) in [4.78, 5) is 42.2. The molecule has 3 rings (SSSR count). The summed E-state index contributed by atoms with van der Waals surface area (Å²) >= 11 is 0. The fourth-order valence-corrected chi connectivity index (χ4v) is 4.28. The third-order valence-corrected chi connectivity index (χ3v) is 6.03. The molecule has 2 N–H and O–H groups in total. The zero-order chi connectivity index (χ0) is 24.5. The normalized spacial score (nSPS) is 12.6. The maximum absolute atomic E-state index is 12.9. The second-order valence-electron chi connectivity index (χ2n) is 6.07. The summed E-state index contributed by atoms with van der Waals surface area (Å²) in [6, 6.07) is -0.126. The Kier molecular flexibility index (Phi) is 9.51. The van der Waals surface area contributed by atoms with E-state index in [2.05, 4.69) is 0 Å². The number of hydrogen-bond donors (Lipinski definition) is 2. The molecule has 0 fully saturated rings. The predicted octanol–water partition coefficient (Wildman–Crippen LogP) is -6.49. The van der Waals surface area contributed by atoms with E-state index >= 15 is 0 Å². The van der Waals surface area contributed by atoms with Crippen LogP contribution < -0.4 is 103 Å². The maximum Gasteiger partial charge on any atom is 1.00 e. The summed E-state index contributed by atoms with van der Waals surface area (Å²) in [5.41, 5.74) is -8.83. The van der Waals surface area contributed by atoms with E-state index in [4.69, 9.17) is 0 Å². The van der Waals surface area contributed by atoms with Crippen LogP contribution in [0, 0.1) is 20.2 Å². The minimum absolute atomic E-state index is 0. The van der Waals surface area contributed by atoms with Crippen molar-refractivity contribution in [1.29, 1.82) is 0 Å². The first-order valence-corrected chi connectivity index (χ1v) is 10.4. The maximum atomic E-state index is 12.9. The number of ketones is 2. The molecule has 0 unspecified atom stereocenters. The number of carbonyl (C=O) groups is 2. The van der Waals surface area contributed by atoms with Gasteiger partial charge in [0.1, 0.15) is 52.7 Å². The Morgan fingerprint density at radius 2 is 0.912 bits per heavy atom. The van der Waals surface area contributed by atoms with Crippen molar-refractivity contribution >= 4 is 43.2 Å². The molecule has 0 heterocycles. The zero-order valence-corrected chi connectivity index (χ0v) is 24.5. The minimum atomic E-state index is -5.67. The largest absolute Gasteiger partial charge is 1.00 e. The molecular formula is C14H4K2N2O14S2. The zero-order valence-electron chi connectivity index (χ0n) is 16.7. The smallest absolute Gasteiger partial charge is 0.744 e. The Balaban J connectivity index is 0.00000289. The predicted molar refractivity (Wildman–Crippen MR) is 92.3 cm³/mol. The molecule has 0 amide bonds. The molecule has 16 nitrogen and oxygen atoms in total. The standard InChI is InChI=1S/C14H6N2O14S2.2K/c17-11-5(31(25,26)27)1-3(15(21)22)7-9(11)14(20)8-4(16(23)24)2-6(32(28,29)30)12(18)10(8)13(7)19;;/h1-2,17-18H,(H,25,26,27)(H,28,29,30);;/q;2*+1/p-2. The van der Waals surface area contributed by atoms with Crippen LogP contribution in [-0.4, -0.2) is 57.6 Å². The first kappa shape index (κ1) is 31.3. The van der Waals surface area contributed by atoms with E-state index in [1.807, 2.05) is 0 Å². The number of nitro benzene ring substituents is 2. The number of rotatable bonds is 4. The molecule has 0 spiro atoms. The molecule has 0 aromatic heterocycles. The van der Waals surface area contributed by atoms with Crippen LogP contribution in [0.2, 0.25) is 0 Å². The van der Waals surface area contributed by atoms with Crippen molar-refractivity contribution in [3.05, 3.63) is 54.6 Å². The van der Waals surface area contributed by atoms with E-state index in [0.717, 1.165) is 0 Å². The molecule has 0 radical (unpaired) electrons. The number of hydrogen-bond acceptors (Lipinski definition) is 14. The average Bonchev–Trinajstić information content (AvgIpc) is 2.62. The van der Waals surface area contributed by atoms with Gasteiger partial charge in [-0.3, -0.25) is 29.8 Å². The van der Waals surface area contributed by atoms with Gasteiger partial charge >= 0.3 is 103 Å². The number of benzene rings is 2. The van der Waals surface area contributed by atoms with Crippen LogP contribution in [0.4, 0.5) is 11.4 Å². The summed E-state index contributed by atoms with van der Waals surface area (Å²) in [5, 5.41) is 43.0. The fraction of sp³-hybridized carbons (Fsp3) is 0. The van der Waals surface area contributed by atoms with Crippen molar-refractivity contribution in [3.63, 3.8) is 0 Å². The van der Waals surface area contributed by atoms with E-state index in [-0.39, 0.29) is 115 Å². The Hall–Kier alpha value is -0.727. The number of nitro groups is 2. The second-order valence-corrected chi connectivity index (χ2v) is 8.76. The van der Waals surface area contributed by atoms with Crippen molar-refractivity contribution in [2.75, 3.05) is 0 Å². The SMILES string of the molecule is O=C1c2c([N+](=O)[O-])cc(S(=O)(=O)[O-])c(O)c2C(=O)c2c([N+](=O)[O-])cc(S(=O)(=O)[O-])c(O)c21.[K+].[K+]. The van der Waals surface area contributed by atoms with Gasteiger partial charge in [-0.05, 0) is 0 Å². The topological polar surface area (TPSA) is 275 Å². The first-order valence-electron chi connectivity index (χ1n) is 7.60. The molecule has 1 aliphatic rings. The second kappa shape index (κ2) is 10.3. The minimum Gasteiger partial charge on any atom is -0.744 e. The van der Waals surface area contributed by atoms with Gasteiger partial charge in [0.25, 0.3) is 11.4 Å². The molecular weight excluding hydrogens is 562 g/mol. The van der Waals surface area contributed by atoms with Gasteiger partial charge in [0.05, 0.1) is 21.0 Å². The van der Waals surface area contributed by atoms with E-state index < -0.39 is 96.6 Å². The van der Waals surface area contributed by atoms with Crippen LogP contribution >= 0.6 is 0 Å². The molecule has 1 aliphatic carbocycles. The summed E-state index contributed by atoms with van der Waals surface area (Å²) in [7, 11) is -11.3. The molecule has 0 aliphatic heterocycles. The molecule has 168 valence electrons. The van der Waals surface area contributed by atoms with Gasteiger partial charge in [0.2, 0.25) is 11.6 Å². The van der Waals surface area contributed by atoms with Crippen LogP contribution in [0.3, 0.4) is 0 Å². The van der Waals surface area contributed by atoms with Crippen LogP contribution in [0.25, 0.3) is 0 Å². The number of phenols is 2. The van der Waals surface area contributed by atoms with Crippen LogP contribution in [0.15, 0.2) is 21.9 Å². The van der Waals surface area contributed by atoms with Crippen molar-refractivity contribution in [1.82, 2.24) is 0 Å². The summed E-state index contributed by atoms with van der Waals surface area (Å²) in [6.45, 7) is 0. The molecule has 2 aromatic rings. The molecule has 34 heavy (non-hydrogen) atoms. The van der Waals surface area contributed by atoms with E-state index in [1.165, 1.54) is 0 Å². The van der Waals surface area contributed by atoms with Gasteiger partial charge in [0, 0.05) is 12.1 Å². The Bertz CT molecular complexity index is 1420. The quantitative estimate of drug-likeness (QED) is 0.129. The third-order valence-electron chi connectivity index (χ3n) is 4.33. The summed E-state index contributed by atoms with van der Waals surface area (Å²) < 4.78 is 68.1. The van der Waals surface area contributed by atoms with Gasteiger partial charge in [-0.25, -0.2) is 16.8 Å². The Morgan fingerprint density at radius 3 is 1.12 bits per heavy atom. The van der Waals surface area contributed by atoms with Crippen LogP contribution in [-0.2, 0) is 20.2 Å². The average molecular weight is 567 g/mol. The number of carbonyl (C=O) groups excluding carboxylic acids is 2. The Morgan fingerprint density at radius 1 is 0.647 bits per heavy atom. The third kappa shape index (κ3) is 5.06. The molecule has 0 saturated heterocycles. The molecule has 20 heteroatoms. The van der Waals surface area contributed by atoms with Crippen molar-refractivity contribution in [2.45, 2.75) is 9.79 Å². The van der Waals surface area contributed by atoms with Gasteiger partial charge < -0.3 is 19.3 Å². The Labute approximate surface area is 273 Å². The van der Waals surface area contributed by atoms with Gasteiger partial charge in [-0.2, -0.15) is 0 Å². The van der Waals surface area contributed by atoms with Crippen molar-refractivity contribution in [3.8, 4) is 11.5 Å². The van der Waals surface area contributed by atoms with Gasteiger partial charge in [-0.15, -0.1) is 0 Å². The van der Waals surface area contributed by atoms with Gasteiger partial charge in [-0.1, -0.05) is 0 Å². The van der Waals surface area contributed by atoms with Gasteiger partial charge in [0.15, 0.2) is 0 Å². The van der Waals surface area contributed by atoms with E-state index in [1.54, 1.807) is 0 Å². The first-order chi connectivity index (χ1) is 14.5. The van der Waals surface area contributed by atoms with E-state index in [9.17, 15) is 66.0 Å². The summed E-state index contributed by atoms with van der Waals surface area (Å²) in [6.07, 6.45) is 0. The number of nitrogens with zero attached hydrogens (tertiary/aromatic N) is 2. The molecule has 0 saturated carbocycles. The number of fused-ring (bicyclic) bond motifs is 2. The monoisotopic (exact) mass is 566 g/mol. The number of aromatic hydroxyl groups is 2. The fourth-order valence-electron chi connectivity index (χ4n) is 3.09. The molecule has 0 bridgehead atoms. The molecule has 2 aromatic carbocycles. The van der Waals surface area contributed by atoms with Crippen LogP contribution in [0.1, 0.15) is 31.8 Å². The summed E-state index contributed by atoms with van der Waals surface area (Å²) in [5.74, 6) is -7.15. The molecule has 0 atom stereocenters.